The van der Waals surface area contributed by atoms with Crippen LogP contribution in [-0.2, 0) is 13.3 Å². The largest absolute Gasteiger partial charge is 0.537 e. The molecule has 0 amide bonds. The van der Waals surface area contributed by atoms with E-state index in [1.807, 2.05) is 0 Å². The first-order valence-corrected chi connectivity index (χ1v) is 22.0. The summed E-state index contributed by atoms with van der Waals surface area (Å²) in [5.74, 6) is 0.832. The molecular weight excluding hydrogens is 623 g/mol. The molecule has 49 heavy (non-hydrogen) atoms. The number of rotatable bonds is 13. The molecule has 0 spiro atoms. The van der Waals surface area contributed by atoms with Crippen molar-refractivity contribution in [2.45, 2.75) is 213 Å². The zero-order chi connectivity index (χ0) is 36.7. The third kappa shape index (κ3) is 8.09. The van der Waals surface area contributed by atoms with E-state index in [0.717, 1.165) is 63.0 Å². The van der Waals surface area contributed by atoms with E-state index in [9.17, 15) is 0 Å². The molecule has 3 saturated heterocycles. The lowest BCUT2D eigenvalue weighted by molar-refractivity contribution is -0.113. The van der Waals surface area contributed by atoms with Crippen LogP contribution in [0.1, 0.15) is 162 Å². The van der Waals surface area contributed by atoms with Crippen LogP contribution in [0.2, 0.25) is 0 Å². The fourth-order valence-corrected chi connectivity index (χ4v) is 12.8. The van der Waals surface area contributed by atoms with Crippen molar-refractivity contribution < 1.29 is 13.3 Å². The fourth-order valence-electron chi connectivity index (χ4n) is 9.54. The maximum Gasteiger partial charge on any atom is 0.537 e. The summed E-state index contributed by atoms with van der Waals surface area (Å²) in [5.41, 5.74) is -0.281. The number of hydrogen-bond acceptors (Lipinski definition) is 6. The topological polar surface area (TPSA) is 63.8 Å². The van der Waals surface area contributed by atoms with Gasteiger partial charge in [-0.15, -0.1) is 0 Å². The quantitative estimate of drug-likeness (QED) is 0.179. The summed E-state index contributed by atoms with van der Waals surface area (Å²) in [4.78, 5) is 0. The molecule has 0 saturated carbocycles. The van der Waals surface area contributed by atoms with Gasteiger partial charge in [0.05, 0.1) is 18.3 Å². The molecule has 7 heteroatoms. The molecule has 0 aliphatic carbocycles. The lowest BCUT2D eigenvalue weighted by Gasteiger charge is -2.58. The summed E-state index contributed by atoms with van der Waals surface area (Å²) in [7, 11) is -3.59. The highest BCUT2D eigenvalue weighted by atomic mass is 28.4. The molecule has 1 aromatic rings. The van der Waals surface area contributed by atoms with E-state index >= 15 is 0 Å². The Morgan fingerprint density at radius 2 is 0.796 bits per heavy atom. The fraction of sp³-hybridized carbons (Fsp3) is 0.857. The third-order valence-corrected chi connectivity index (χ3v) is 17.9. The smallest absolute Gasteiger partial charge is 0.366 e. The van der Waals surface area contributed by atoms with Crippen LogP contribution in [-0.4, -0.2) is 60.3 Å². The third-order valence-electron chi connectivity index (χ3n) is 15.0. The van der Waals surface area contributed by atoms with Crippen LogP contribution in [0.25, 0.3) is 0 Å². The molecule has 0 bridgehead atoms. The van der Waals surface area contributed by atoms with Crippen molar-refractivity contribution in [1.29, 1.82) is 0 Å². The Balaban J connectivity index is 1.93. The van der Waals surface area contributed by atoms with E-state index in [-0.39, 0.29) is 69.3 Å². The molecule has 6 nitrogen and oxygen atoms in total. The standard InChI is InChI=1S/C42H77N3O3Si/c1-16-37(10)27-34(30(7)40(13,19-4)43-37)46-49(33-25-23-22-24-26-33,47-35-28-38(11,17-2)44-41(14,20-5)31(35)8)48-36-29-39(12,18-3)45-42(15,21-6)32(36)9/h22-26,30-32,34-36,43-45H,16-21,27-29H2,1-15H3. The van der Waals surface area contributed by atoms with Crippen LogP contribution in [0, 0.1) is 17.8 Å². The number of benzene rings is 1. The molecular formula is C42H77N3O3Si. The van der Waals surface area contributed by atoms with Gasteiger partial charge in [0.25, 0.3) is 0 Å². The van der Waals surface area contributed by atoms with E-state index in [0.29, 0.717) is 0 Å². The summed E-state index contributed by atoms with van der Waals surface area (Å²) in [6.45, 7) is 35.4. The Morgan fingerprint density at radius 1 is 0.510 bits per heavy atom. The second kappa shape index (κ2) is 14.9. The molecule has 12 unspecified atom stereocenters. The van der Waals surface area contributed by atoms with Crippen LogP contribution in [0.15, 0.2) is 30.3 Å². The molecule has 3 aliphatic heterocycles. The van der Waals surface area contributed by atoms with E-state index in [2.05, 4.69) is 150 Å². The van der Waals surface area contributed by atoms with Crippen LogP contribution >= 0.6 is 0 Å². The van der Waals surface area contributed by atoms with E-state index in [1.165, 1.54) is 0 Å². The van der Waals surface area contributed by atoms with Gasteiger partial charge in [-0.3, -0.25) is 0 Å². The van der Waals surface area contributed by atoms with Gasteiger partial charge in [-0.2, -0.15) is 0 Å². The van der Waals surface area contributed by atoms with Gasteiger partial charge in [-0.1, -0.05) is 92.6 Å². The maximum absolute atomic E-state index is 7.90. The Hall–Kier alpha value is -0.803. The normalized spacial score (nSPS) is 45.9. The number of hydrogen-bond donors (Lipinski definition) is 3. The van der Waals surface area contributed by atoms with Gasteiger partial charge in [0, 0.05) is 38.4 Å². The number of nitrogens with one attached hydrogen (secondary N) is 3. The van der Waals surface area contributed by atoms with Gasteiger partial charge in [0.15, 0.2) is 0 Å². The molecule has 0 radical (unpaired) electrons. The summed E-state index contributed by atoms with van der Waals surface area (Å²) in [6, 6.07) is 10.9. The summed E-state index contributed by atoms with van der Waals surface area (Å²) in [6.07, 6.45) is 8.99. The molecule has 3 N–H and O–H groups in total. The minimum atomic E-state index is -3.59. The molecule has 3 aliphatic rings. The Morgan fingerprint density at radius 3 is 1.04 bits per heavy atom. The van der Waals surface area contributed by atoms with Gasteiger partial charge in [-0.05, 0) is 117 Å². The highest BCUT2D eigenvalue weighted by Crippen LogP contribution is 2.45. The van der Waals surface area contributed by atoms with Crippen molar-refractivity contribution in [2.75, 3.05) is 0 Å². The van der Waals surface area contributed by atoms with Crippen LogP contribution < -0.4 is 21.1 Å². The van der Waals surface area contributed by atoms with Crippen LogP contribution in [0.5, 0.6) is 0 Å². The van der Waals surface area contributed by atoms with Crippen LogP contribution in [0.3, 0.4) is 0 Å². The van der Waals surface area contributed by atoms with Gasteiger partial charge in [0.2, 0.25) is 0 Å². The Kier molecular flexibility index (Phi) is 12.5. The highest BCUT2D eigenvalue weighted by Gasteiger charge is 2.59. The lowest BCUT2D eigenvalue weighted by atomic mass is 9.70. The van der Waals surface area contributed by atoms with Gasteiger partial charge >= 0.3 is 8.80 Å². The van der Waals surface area contributed by atoms with Gasteiger partial charge in [0.1, 0.15) is 0 Å². The Bertz CT molecular complexity index is 1120. The predicted octanol–water partition coefficient (Wildman–Crippen LogP) is 8.89. The minimum absolute atomic E-state index is 0.0118. The molecule has 3 fully saturated rings. The zero-order valence-electron chi connectivity index (χ0n) is 34.4. The van der Waals surface area contributed by atoms with Crippen molar-refractivity contribution >= 4 is 14.0 Å². The average molecular weight is 700 g/mol. The Labute approximate surface area is 303 Å². The summed E-state index contributed by atoms with van der Waals surface area (Å²) >= 11 is 0. The van der Waals surface area contributed by atoms with Crippen molar-refractivity contribution in [3.63, 3.8) is 0 Å². The monoisotopic (exact) mass is 700 g/mol. The zero-order valence-corrected chi connectivity index (χ0v) is 35.4. The molecule has 282 valence electrons. The van der Waals surface area contributed by atoms with Crippen molar-refractivity contribution in [3.8, 4) is 0 Å². The SMILES string of the molecule is CCC1(C)CC(O[Si](OC2CC(C)(CC)NC(C)(CC)C2C)(OC2CC(C)(CC)NC(C)(CC)C2C)c2ccccc2)C(C)C(C)(CC)N1. The minimum Gasteiger partial charge on any atom is -0.366 e. The summed E-state index contributed by atoms with van der Waals surface area (Å²) in [5, 5.41) is 13.4. The first kappa shape index (κ1) is 41.0. The van der Waals surface area contributed by atoms with E-state index in [1.54, 1.807) is 0 Å². The molecule has 1 aromatic carbocycles. The molecule has 12 atom stereocenters. The van der Waals surface area contributed by atoms with E-state index < -0.39 is 8.80 Å². The predicted molar refractivity (Wildman–Crippen MR) is 209 cm³/mol. The second-order valence-electron chi connectivity index (χ2n) is 18.3. The average Bonchev–Trinajstić information content (AvgIpc) is 3.08. The summed E-state index contributed by atoms with van der Waals surface area (Å²) < 4.78 is 23.7. The lowest BCUT2D eigenvalue weighted by Crippen LogP contribution is -2.73. The van der Waals surface area contributed by atoms with E-state index in [4.69, 9.17) is 13.3 Å². The van der Waals surface area contributed by atoms with Crippen LogP contribution in [0.4, 0.5) is 0 Å². The van der Waals surface area contributed by atoms with Crippen molar-refractivity contribution in [3.05, 3.63) is 30.3 Å². The number of piperidine rings is 3. The first-order chi connectivity index (χ1) is 22.8. The molecule has 4 rings (SSSR count). The van der Waals surface area contributed by atoms with Gasteiger partial charge in [-0.25, -0.2) is 0 Å². The van der Waals surface area contributed by atoms with Gasteiger partial charge < -0.3 is 29.2 Å². The highest BCUT2D eigenvalue weighted by molar-refractivity contribution is 6.75. The van der Waals surface area contributed by atoms with Crippen molar-refractivity contribution in [2.24, 2.45) is 17.8 Å². The molecule has 0 aromatic heterocycles. The second-order valence-corrected chi connectivity index (χ2v) is 20.7. The first-order valence-electron chi connectivity index (χ1n) is 20.2. The molecule has 3 heterocycles. The maximum atomic E-state index is 7.90. The van der Waals surface area contributed by atoms with Crippen molar-refractivity contribution in [1.82, 2.24) is 16.0 Å².